The molecule has 0 amide bonds. The van der Waals surface area contributed by atoms with Crippen LogP contribution in [0, 0.1) is 0 Å². The number of ether oxygens (including phenoxy) is 1. The summed E-state index contributed by atoms with van der Waals surface area (Å²) in [6.45, 7) is 0.00121. The van der Waals surface area contributed by atoms with Crippen LogP contribution in [-0.4, -0.2) is 15.5 Å². The summed E-state index contributed by atoms with van der Waals surface area (Å²) in [6, 6.07) is 15.1. The molecular weight excluding hydrogens is 264 g/mol. The van der Waals surface area contributed by atoms with E-state index in [-0.39, 0.29) is 11.5 Å². The molecule has 0 aliphatic heterocycles. The SMILES string of the molecule is COc1ccc(COS(=O)(=O)c2ccccc2)cc1. The van der Waals surface area contributed by atoms with Crippen LogP contribution in [0.25, 0.3) is 0 Å². The molecule has 0 bridgehead atoms. The van der Waals surface area contributed by atoms with Gasteiger partial charge in [-0.2, -0.15) is 8.42 Å². The van der Waals surface area contributed by atoms with Crippen LogP contribution in [0.4, 0.5) is 0 Å². The molecular formula is C14H14O4S. The van der Waals surface area contributed by atoms with E-state index in [1.165, 1.54) is 12.1 Å². The van der Waals surface area contributed by atoms with E-state index in [0.717, 1.165) is 11.3 Å². The summed E-state index contributed by atoms with van der Waals surface area (Å²) in [4.78, 5) is 0.156. The Morgan fingerprint density at radius 2 is 1.58 bits per heavy atom. The largest absolute Gasteiger partial charge is 0.497 e. The summed E-state index contributed by atoms with van der Waals surface area (Å²) in [5.74, 6) is 0.717. The van der Waals surface area contributed by atoms with Crippen LogP contribution in [0.1, 0.15) is 5.56 Å². The average molecular weight is 278 g/mol. The van der Waals surface area contributed by atoms with Gasteiger partial charge in [-0.15, -0.1) is 0 Å². The Kier molecular flexibility index (Phi) is 4.19. The van der Waals surface area contributed by atoms with Gasteiger partial charge in [-0.1, -0.05) is 30.3 Å². The maximum absolute atomic E-state index is 11.9. The van der Waals surface area contributed by atoms with Crippen molar-refractivity contribution in [3.05, 3.63) is 60.2 Å². The van der Waals surface area contributed by atoms with Crippen molar-refractivity contribution in [3.63, 3.8) is 0 Å². The van der Waals surface area contributed by atoms with Crippen molar-refractivity contribution in [2.45, 2.75) is 11.5 Å². The van der Waals surface area contributed by atoms with E-state index in [1.54, 1.807) is 49.6 Å². The fraction of sp³-hybridized carbons (Fsp3) is 0.143. The molecule has 19 heavy (non-hydrogen) atoms. The number of rotatable bonds is 5. The van der Waals surface area contributed by atoms with Crippen LogP contribution in [0.15, 0.2) is 59.5 Å². The lowest BCUT2D eigenvalue weighted by Gasteiger charge is -2.06. The highest BCUT2D eigenvalue weighted by Gasteiger charge is 2.14. The monoisotopic (exact) mass is 278 g/mol. The molecule has 2 aromatic carbocycles. The Labute approximate surface area is 112 Å². The summed E-state index contributed by atoms with van der Waals surface area (Å²) in [6.07, 6.45) is 0. The van der Waals surface area contributed by atoms with Crippen molar-refractivity contribution >= 4 is 10.1 Å². The van der Waals surface area contributed by atoms with Gasteiger partial charge < -0.3 is 4.74 Å². The fourth-order valence-electron chi connectivity index (χ4n) is 1.52. The Morgan fingerprint density at radius 3 is 2.16 bits per heavy atom. The van der Waals surface area contributed by atoms with Crippen molar-refractivity contribution in [1.29, 1.82) is 0 Å². The average Bonchev–Trinajstić information content (AvgIpc) is 2.47. The first kappa shape index (κ1) is 13.6. The number of methoxy groups -OCH3 is 1. The number of hydrogen-bond acceptors (Lipinski definition) is 4. The smallest absolute Gasteiger partial charge is 0.297 e. The molecule has 0 radical (unpaired) electrons. The van der Waals surface area contributed by atoms with Gasteiger partial charge in [0.1, 0.15) is 5.75 Å². The maximum atomic E-state index is 11.9. The third-order valence-corrected chi connectivity index (χ3v) is 3.85. The Balaban J connectivity index is 2.05. The Morgan fingerprint density at radius 1 is 0.947 bits per heavy atom. The van der Waals surface area contributed by atoms with Crippen LogP contribution in [-0.2, 0) is 20.9 Å². The summed E-state index contributed by atoms with van der Waals surface area (Å²) in [7, 11) is -2.13. The van der Waals surface area contributed by atoms with Gasteiger partial charge in [-0.05, 0) is 29.8 Å². The van der Waals surface area contributed by atoms with Crippen LogP contribution < -0.4 is 4.74 Å². The zero-order valence-corrected chi connectivity index (χ0v) is 11.3. The molecule has 0 saturated heterocycles. The molecule has 2 rings (SSSR count). The highest BCUT2D eigenvalue weighted by atomic mass is 32.2. The molecule has 0 saturated carbocycles. The van der Waals surface area contributed by atoms with E-state index in [9.17, 15) is 8.42 Å². The highest BCUT2D eigenvalue weighted by Crippen LogP contribution is 2.16. The van der Waals surface area contributed by atoms with Crippen molar-refractivity contribution < 1.29 is 17.3 Å². The summed E-state index contributed by atoms with van der Waals surface area (Å²) in [5.41, 5.74) is 0.764. The Bertz CT molecular complexity index is 618. The first-order valence-electron chi connectivity index (χ1n) is 5.69. The first-order chi connectivity index (χ1) is 9.12. The van der Waals surface area contributed by atoms with E-state index < -0.39 is 10.1 Å². The van der Waals surface area contributed by atoms with Crippen LogP contribution >= 0.6 is 0 Å². The minimum Gasteiger partial charge on any atom is -0.497 e. The minimum atomic E-state index is -3.71. The third-order valence-electron chi connectivity index (χ3n) is 2.57. The summed E-state index contributed by atoms with van der Waals surface area (Å²) < 4.78 is 33.8. The lowest BCUT2D eigenvalue weighted by Crippen LogP contribution is -2.06. The van der Waals surface area contributed by atoms with Gasteiger partial charge in [0.2, 0.25) is 0 Å². The third kappa shape index (κ3) is 3.56. The van der Waals surface area contributed by atoms with E-state index in [1.807, 2.05) is 0 Å². The second-order valence-corrected chi connectivity index (χ2v) is 5.49. The zero-order chi connectivity index (χ0) is 13.7. The lowest BCUT2D eigenvalue weighted by atomic mass is 10.2. The quantitative estimate of drug-likeness (QED) is 0.789. The predicted molar refractivity (Wildman–Crippen MR) is 71.4 cm³/mol. The van der Waals surface area contributed by atoms with E-state index in [4.69, 9.17) is 8.92 Å². The molecule has 0 aliphatic rings. The molecule has 4 nitrogen and oxygen atoms in total. The van der Waals surface area contributed by atoms with Gasteiger partial charge in [0.05, 0.1) is 18.6 Å². The van der Waals surface area contributed by atoms with Crippen molar-refractivity contribution in [2.75, 3.05) is 7.11 Å². The van der Waals surface area contributed by atoms with E-state index >= 15 is 0 Å². The second-order valence-electron chi connectivity index (χ2n) is 3.88. The molecule has 0 unspecified atom stereocenters. The molecule has 0 spiro atoms. The molecule has 0 atom stereocenters. The zero-order valence-electron chi connectivity index (χ0n) is 10.4. The maximum Gasteiger partial charge on any atom is 0.297 e. The molecule has 0 fully saturated rings. The van der Waals surface area contributed by atoms with Gasteiger partial charge in [0, 0.05) is 0 Å². The van der Waals surface area contributed by atoms with Crippen molar-refractivity contribution in [3.8, 4) is 5.75 Å². The van der Waals surface area contributed by atoms with Gasteiger partial charge in [-0.3, -0.25) is 4.18 Å². The van der Waals surface area contributed by atoms with Crippen molar-refractivity contribution in [2.24, 2.45) is 0 Å². The van der Waals surface area contributed by atoms with Gasteiger partial charge in [0.15, 0.2) is 0 Å². The van der Waals surface area contributed by atoms with E-state index in [0.29, 0.717) is 0 Å². The van der Waals surface area contributed by atoms with Crippen LogP contribution in [0.3, 0.4) is 0 Å². The number of hydrogen-bond donors (Lipinski definition) is 0. The summed E-state index contributed by atoms with van der Waals surface area (Å²) >= 11 is 0. The molecule has 5 heteroatoms. The minimum absolute atomic E-state index is 0.00121. The van der Waals surface area contributed by atoms with Crippen molar-refractivity contribution in [1.82, 2.24) is 0 Å². The van der Waals surface area contributed by atoms with Crippen LogP contribution in [0.2, 0.25) is 0 Å². The second kappa shape index (κ2) is 5.86. The number of benzene rings is 2. The molecule has 0 aromatic heterocycles. The fourth-order valence-corrected chi connectivity index (χ4v) is 2.44. The van der Waals surface area contributed by atoms with Gasteiger partial charge >= 0.3 is 0 Å². The molecule has 2 aromatic rings. The highest BCUT2D eigenvalue weighted by molar-refractivity contribution is 7.86. The molecule has 0 heterocycles. The van der Waals surface area contributed by atoms with Gasteiger partial charge in [-0.25, -0.2) is 0 Å². The molecule has 0 N–H and O–H groups in total. The van der Waals surface area contributed by atoms with Crippen LogP contribution in [0.5, 0.6) is 5.75 Å². The first-order valence-corrected chi connectivity index (χ1v) is 7.10. The molecule has 0 aliphatic carbocycles. The summed E-state index contributed by atoms with van der Waals surface area (Å²) in [5, 5.41) is 0. The standard InChI is InChI=1S/C14H14O4S/c1-17-13-9-7-12(8-10-13)11-18-19(15,16)14-5-3-2-4-6-14/h2-10H,11H2,1H3. The van der Waals surface area contributed by atoms with Gasteiger partial charge in [0.25, 0.3) is 10.1 Å². The van der Waals surface area contributed by atoms with E-state index in [2.05, 4.69) is 0 Å². The molecule has 100 valence electrons. The predicted octanol–water partition coefficient (Wildman–Crippen LogP) is 2.60. The lowest BCUT2D eigenvalue weighted by molar-refractivity contribution is 0.308. The normalized spacial score (nSPS) is 11.2. The topological polar surface area (TPSA) is 52.6 Å². The Hall–Kier alpha value is -1.85.